The molecule has 1 aromatic carbocycles. The van der Waals surface area contributed by atoms with E-state index in [1.165, 1.54) is 17.7 Å². The molecule has 1 amide bonds. The molecule has 0 fully saturated rings. The zero-order valence-electron chi connectivity index (χ0n) is 10.5. The molecule has 102 valence electrons. The van der Waals surface area contributed by atoms with Crippen molar-refractivity contribution >= 4 is 17.5 Å². The van der Waals surface area contributed by atoms with E-state index in [4.69, 9.17) is 11.6 Å². The molecule has 1 aliphatic heterocycles. The molecule has 2 rings (SSSR count). The molecule has 0 aliphatic carbocycles. The maximum atomic E-state index is 13.5. The molecule has 0 radical (unpaired) electrons. The first kappa shape index (κ1) is 14.0. The summed E-state index contributed by atoms with van der Waals surface area (Å²) in [5, 5.41) is 6.28. The topological polar surface area (TPSA) is 41.1 Å². The van der Waals surface area contributed by atoms with E-state index in [1.54, 1.807) is 6.07 Å². The van der Waals surface area contributed by atoms with Gasteiger partial charge in [0, 0.05) is 23.7 Å². The lowest BCUT2D eigenvalue weighted by atomic mass is 10.1. The lowest BCUT2D eigenvalue weighted by molar-refractivity contribution is -0.120. The summed E-state index contributed by atoms with van der Waals surface area (Å²) in [7, 11) is 0. The number of carbonyl (C=O) groups excluding carboxylic acids is 1. The van der Waals surface area contributed by atoms with Crippen molar-refractivity contribution in [1.82, 2.24) is 10.6 Å². The van der Waals surface area contributed by atoms with Crippen LogP contribution in [0.3, 0.4) is 0 Å². The summed E-state index contributed by atoms with van der Waals surface area (Å²) >= 11 is 5.88. The largest absolute Gasteiger partial charge is 0.352 e. The van der Waals surface area contributed by atoms with Gasteiger partial charge in [0.15, 0.2) is 0 Å². The van der Waals surface area contributed by atoms with Crippen molar-refractivity contribution in [3.05, 3.63) is 46.3 Å². The third-order valence-corrected chi connectivity index (χ3v) is 3.42. The molecule has 19 heavy (non-hydrogen) atoms. The highest BCUT2D eigenvalue weighted by Crippen LogP contribution is 2.19. The number of amides is 1. The average molecular weight is 283 g/mol. The van der Waals surface area contributed by atoms with Gasteiger partial charge in [0.25, 0.3) is 0 Å². The molecule has 0 unspecified atom stereocenters. The third-order valence-electron chi connectivity index (χ3n) is 3.07. The molecule has 0 atom stereocenters. The van der Waals surface area contributed by atoms with Gasteiger partial charge in [-0.2, -0.15) is 0 Å². The van der Waals surface area contributed by atoms with Gasteiger partial charge >= 0.3 is 0 Å². The normalized spacial score (nSPS) is 14.9. The SMILES string of the molecule is O=C(Cc1c(F)cccc1Cl)NCC1=CCNCC1. The van der Waals surface area contributed by atoms with Crippen molar-refractivity contribution in [2.45, 2.75) is 12.8 Å². The van der Waals surface area contributed by atoms with Crippen LogP contribution in [0.1, 0.15) is 12.0 Å². The Bertz CT molecular complexity index is 482. The minimum absolute atomic E-state index is 0.0307. The first-order valence-corrected chi connectivity index (χ1v) is 6.63. The Balaban J connectivity index is 1.89. The third kappa shape index (κ3) is 4.04. The smallest absolute Gasteiger partial charge is 0.224 e. The Morgan fingerprint density at radius 2 is 2.32 bits per heavy atom. The van der Waals surface area contributed by atoms with Gasteiger partial charge in [0.2, 0.25) is 5.91 Å². The van der Waals surface area contributed by atoms with E-state index in [0.717, 1.165) is 19.5 Å². The van der Waals surface area contributed by atoms with Gasteiger partial charge in [0.1, 0.15) is 5.82 Å². The lowest BCUT2D eigenvalue weighted by Crippen LogP contribution is -2.30. The standard InChI is InChI=1S/C14H16ClFN2O/c15-12-2-1-3-13(16)11(12)8-14(19)18-9-10-4-6-17-7-5-10/h1-4,17H,5-9H2,(H,18,19). The van der Waals surface area contributed by atoms with Crippen molar-refractivity contribution in [3.63, 3.8) is 0 Å². The van der Waals surface area contributed by atoms with Crippen molar-refractivity contribution in [3.8, 4) is 0 Å². The fraction of sp³-hybridized carbons (Fsp3) is 0.357. The van der Waals surface area contributed by atoms with Crippen LogP contribution >= 0.6 is 11.6 Å². The zero-order chi connectivity index (χ0) is 13.7. The number of hydrogen-bond donors (Lipinski definition) is 2. The molecule has 5 heteroatoms. The highest BCUT2D eigenvalue weighted by molar-refractivity contribution is 6.31. The summed E-state index contributed by atoms with van der Waals surface area (Å²) in [5.41, 5.74) is 1.45. The van der Waals surface area contributed by atoms with E-state index in [2.05, 4.69) is 16.7 Å². The molecule has 0 saturated carbocycles. The van der Waals surface area contributed by atoms with Gasteiger partial charge in [-0.25, -0.2) is 4.39 Å². The average Bonchev–Trinajstić information content (AvgIpc) is 2.42. The predicted molar refractivity (Wildman–Crippen MR) is 73.7 cm³/mol. The van der Waals surface area contributed by atoms with Crippen molar-refractivity contribution in [2.75, 3.05) is 19.6 Å². The first-order valence-electron chi connectivity index (χ1n) is 6.25. The Morgan fingerprint density at radius 3 is 3.00 bits per heavy atom. The Kier molecular flexibility index (Phi) is 4.93. The molecule has 1 aromatic rings. The predicted octanol–water partition coefficient (Wildman–Crippen LogP) is 2.06. The van der Waals surface area contributed by atoms with Crippen LogP contribution in [-0.4, -0.2) is 25.5 Å². The molecule has 0 spiro atoms. The monoisotopic (exact) mass is 282 g/mol. The van der Waals surface area contributed by atoms with Gasteiger partial charge in [-0.05, 0) is 25.1 Å². The molecule has 0 saturated heterocycles. The Hall–Kier alpha value is -1.39. The fourth-order valence-electron chi connectivity index (χ4n) is 1.97. The van der Waals surface area contributed by atoms with Gasteiger partial charge in [-0.15, -0.1) is 0 Å². The quantitative estimate of drug-likeness (QED) is 0.830. The number of carbonyl (C=O) groups is 1. The molecule has 0 bridgehead atoms. The van der Waals surface area contributed by atoms with Crippen LogP contribution < -0.4 is 10.6 Å². The second-order valence-electron chi connectivity index (χ2n) is 4.47. The number of halogens is 2. The first-order chi connectivity index (χ1) is 9.16. The lowest BCUT2D eigenvalue weighted by Gasteiger charge is -2.14. The van der Waals surface area contributed by atoms with E-state index in [1.807, 2.05) is 0 Å². The number of benzene rings is 1. The van der Waals surface area contributed by atoms with E-state index < -0.39 is 5.82 Å². The number of nitrogens with one attached hydrogen (secondary N) is 2. The van der Waals surface area contributed by atoms with E-state index >= 15 is 0 Å². The molecule has 1 aliphatic rings. The fourth-order valence-corrected chi connectivity index (χ4v) is 2.20. The van der Waals surface area contributed by atoms with Gasteiger partial charge < -0.3 is 10.6 Å². The van der Waals surface area contributed by atoms with Crippen LogP contribution in [0.15, 0.2) is 29.8 Å². The summed E-state index contributed by atoms with van der Waals surface area (Å²) in [5.74, 6) is -0.657. The van der Waals surface area contributed by atoms with Crippen molar-refractivity contribution in [2.24, 2.45) is 0 Å². The summed E-state index contributed by atoms with van der Waals surface area (Å²) in [6.07, 6.45) is 2.97. The second-order valence-corrected chi connectivity index (χ2v) is 4.88. The van der Waals surface area contributed by atoms with Crippen LogP contribution in [0.2, 0.25) is 5.02 Å². The Labute approximate surface area is 116 Å². The van der Waals surface area contributed by atoms with E-state index in [9.17, 15) is 9.18 Å². The minimum Gasteiger partial charge on any atom is -0.352 e. The number of rotatable bonds is 4. The molecule has 2 N–H and O–H groups in total. The van der Waals surface area contributed by atoms with Gasteiger partial charge in [0.05, 0.1) is 6.42 Å². The van der Waals surface area contributed by atoms with E-state index in [-0.39, 0.29) is 22.9 Å². The van der Waals surface area contributed by atoms with Gasteiger partial charge in [-0.1, -0.05) is 29.3 Å². The highest BCUT2D eigenvalue weighted by Gasteiger charge is 2.12. The van der Waals surface area contributed by atoms with Crippen molar-refractivity contribution < 1.29 is 9.18 Å². The van der Waals surface area contributed by atoms with Crippen LogP contribution in [0.25, 0.3) is 0 Å². The maximum Gasteiger partial charge on any atom is 0.224 e. The molecule has 1 heterocycles. The van der Waals surface area contributed by atoms with E-state index in [0.29, 0.717) is 6.54 Å². The second kappa shape index (κ2) is 6.68. The molecule has 0 aromatic heterocycles. The van der Waals surface area contributed by atoms with Crippen LogP contribution in [0, 0.1) is 5.82 Å². The van der Waals surface area contributed by atoms with Gasteiger partial charge in [-0.3, -0.25) is 4.79 Å². The van der Waals surface area contributed by atoms with Crippen LogP contribution in [-0.2, 0) is 11.2 Å². The summed E-state index contributed by atoms with van der Waals surface area (Å²) in [6, 6.07) is 4.42. The molecule has 3 nitrogen and oxygen atoms in total. The maximum absolute atomic E-state index is 13.5. The van der Waals surface area contributed by atoms with Crippen LogP contribution in [0.4, 0.5) is 4.39 Å². The summed E-state index contributed by atoms with van der Waals surface area (Å²) in [6.45, 7) is 2.29. The minimum atomic E-state index is -0.441. The summed E-state index contributed by atoms with van der Waals surface area (Å²) in [4.78, 5) is 11.8. The van der Waals surface area contributed by atoms with Crippen molar-refractivity contribution in [1.29, 1.82) is 0 Å². The highest BCUT2D eigenvalue weighted by atomic mass is 35.5. The Morgan fingerprint density at radius 1 is 1.47 bits per heavy atom. The number of hydrogen-bond acceptors (Lipinski definition) is 2. The molecular weight excluding hydrogens is 267 g/mol. The van der Waals surface area contributed by atoms with Crippen LogP contribution in [0.5, 0.6) is 0 Å². The zero-order valence-corrected chi connectivity index (χ0v) is 11.3. The molecular formula is C14H16ClFN2O. The summed E-state index contributed by atoms with van der Waals surface area (Å²) < 4.78 is 13.5.